The van der Waals surface area contributed by atoms with Gasteiger partial charge in [-0.2, -0.15) is 0 Å². The maximum atomic E-state index is 11.3. The van der Waals surface area contributed by atoms with Gasteiger partial charge in [0, 0.05) is 0 Å². The molecule has 0 radical (unpaired) electrons. The van der Waals surface area contributed by atoms with Crippen molar-refractivity contribution in [2.24, 2.45) is 0 Å². The van der Waals surface area contributed by atoms with Gasteiger partial charge in [0.1, 0.15) is 30.5 Å². The highest BCUT2D eigenvalue weighted by atomic mass is 32.1. The Morgan fingerprint density at radius 1 is 0.517 bits per heavy atom. The average Bonchev–Trinajstić information content (AvgIpc) is 3.25. The van der Waals surface area contributed by atoms with Crippen LogP contribution < -0.4 is 5.32 Å². The van der Waals surface area contributed by atoms with Crippen LogP contribution in [0.15, 0.2) is 0 Å². The molecular formula is C50H99NO8S. The van der Waals surface area contributed by atoms with Gasteiger partial charge in [0.05, 0.1) is 30.3 Å². The van der Waals surface area contributed by atoms with Crippen LogP contribution in [0.2, 0.25) is 0 Å². The predicted octanol–water partition coefficient (Wildman–Crippen LogP) is 11.3. The predicted molar refractivity (Wildman–Crippen MR) is 253 cm³/mol. The summed E-state index contributed by atoms with van der Waals surface area (Å²) in [7, 11) is 0. The molecular weight excluding hydrogens is 775 g/mol. The summed E-state index contributed by atoms with van der Waals surface area (Å²) in [6.07, 6.45) is 37.5. The number of thiocarbonyl (C=S) groups is 1. The summed E-state index contributed by atoms with van der Waals surface area (Å²) < 4.78 is 11.3. The van der Waals surface area contributed by atoms with E-state index in [2.05, 4.69) is 19.2 Å². The highest BCUT2D eigenvalue weighted by molar-refractivity contribution is 7.80. The van der Waals surface area contributed by atoms with Crippen LogP contribution in [0.25, 0.3) is 0 Å². The lowest BCUT2D eigenvalue weighted by Gasteiger charge is -2.40. The fraction of sp³-hybridized carbons (Fsp3) is 0.980. The lowest BCUT2D eigenvalue weighted by atomic mass is 9.98. The molecule has 1 saturated heterocycles. The summed E-state index contributed by atoms with van der Waals surface area (Å²) in [5.74, 6) is 0. The van der Waals surface area contributed by atoms with E-state index in [0.717, 1.165) is 32.1 Å². The number of hydrogen-bond acceptors (Lipinski definition) is 9. The minimum absolute atomic E-state index is 0.168. The lowest BCUT2D eigenvalue weighted by Crippen LogP contribution is -2.60. The van der Waals surface area contributed by atoms with Crippen LogP contribution in [0.5, 0.6) is 0 Å². The van der Waals surface area contributed by atoms with E-state index >= 15 is 0 Å². The summed E-state index contributed by atoms with van der Waals surface area (Å²) in [6, 6.07) is -0.776. The molecule has 8 atom stereocenters. The SMILES string of the molecule is CCCCCCCCCCCCCCCCCCCCCCCCCC(=S)N[C@@H](CO[C@H]1O[C@H](CO)[C@H](O)[C@H](O)[C@H]1O)[C@H](O)[C@H](O)CCCCCCCCCCCCCC. The van der Waals surface area contributed by atoms with E-state index in [1.165, 1.54) is 193 Å². The minimum Gasteiger partial charge on any atom is -0.394 e. The van der Waals surface area contributed by atoms with E-state index in [0.29, 0.717) is 17.8 Å². The van der Waals surface area contributed by atoms with Gasteiger partial charge in [-0.3, -0.25) is 0 Å². The van der Waals surface area contributed by atoms with Crippen LogP contribution in [-0.4, -0.2) is 97.8 Å². The van der Waals surface area contributed by atoms with E-state index < -0.39 is 55.6 Å². The highest BCUT2D eigenvalue weighted by Crippen LogP contribution is 2.23. The third kappa shape index (κ3) is 30.6. The first kappa shape index (κ1) is 57.6. The maximum Gasteiger partial charge on any atom is 0.186 e. The largest absolute Gasteiger partial charge is 0.394 e. The van der Waals surface area contributed by atoms with Gasteiger partial charge in [0.25, 0.3) is 0 Å². The van der Waals surface area contributed by atoms with Crippen molar-refractivity contribution in [2.75, 3.05) is 13.2 Å². The van der Waals surface area contributed by atoms with Crippen LogP contribution in [-0.2, 0) is 9.47 Å². The van der Waals surface area contributed by atoms with Gasteiger partial charge < -0.3 is 45.4 Å². The van der Waals surface area contributed by atoms with Gasteiger partial charge in [-0.1, -0.05) is 244 Å². The normalized spacial score (nSPS) is 21.0. The smallest absolute Gasteiger partial charge is 0.186 e. The van der Waals surface area contributed by atoms with Crippen LogP contribution in [0, 0.1) is 0 Å². The summed E-state index contributed by atoms with van der Waals surface area (Å²) in [5.41, 5.74) is 0. The first-order chi connectivity index (χ1) is 29.3. The summed E-state index contributed by atoms with van der Waals surface area (Å²) in [4.78, 5) is 0.581. The number of nitrogens with one attached hydrogen (secondary N) is 1. The quantitative estimate of drug-likeness (QED) is 0.0233. The monoisotopic (exact) mass is 874 g/mol. The molecule has 0 unspecified atom stereocenters. The Labute approximate surface area is 375 Å². The first-order valence-electron chi connectivity index (χ1n) is 25.8. The fourth-order valence-electron chi connectivity index (χ4n) is 8.61. The van der Waals surface area contributed by atoms with Crippen molar-refractivity contribution in [2.45, 2.75) is 300 Å². The topological polar surface area (TPSA) is 152 Å². The molecule has 1 heterocycles. The Hall–Kier alpha value is -0.430. The molecule has 0 bridgehead atoms. The van der Waals surface area contributed by atoms with Crippen molar-refractivity contribution in [1.29, 1.82) is 0 Å². The molecule has 0 aromatic carbocycles. The zero-order valence-corrected chi connectivity index (χ0v) is 39.9. The van der Waals surface area contributed by atoms with Crippen LogP contribution in [0.1, 0.15) is 251 Å². The van der Waals surface area contributed by atoms with Gasteiger partial charge in [-0.25, -0.2) is 0 Å². The third-order valence-electron chi connectivity index (χ3n) is 12.8. The van der Waals surface area contributed by atoms with E-state index in [9.17, 15) is 30.6 Å². The third-order valence-corrected chi connectivity index (χ3v) is 13.1. The van der Waals surface area contributed by atoms with Crippen molar-refractivity contribution in [1.82, 2.24) is 5.32 Å². The lowest BCUT2D eigenvalue weighted by molar-refractivity contribution is -0.303. The van der Waals surface area contributed by atoms with Gasteiger partial charge in [0.15, 0.2) is 6.29 Å². The second kappa shape index (κ2) is 41.3. The summed E-state index contributed by atoms with van der Waals surface area (Å²) >= 11 is 5.68. The molecule has 0 aliphatic carbocycles. The molecule has 1 rings (SSSR count). The van der Waals surface area contributed by atoms with Crippen molar-refractivity contribution in [3.8, 4) is 0 Å². The standard InChI is InChI=1S/C50H99NO8S/c1-3-5-7-9-11-13-15-17-18-19-20-21-22-23-24-25-26-27-29-31-33-35-37-39-45(60)51-42(41-58-50-49(57)48(56)47(55)44(40-52)59-50)46(54)43(53)38-36-34-32-30-28-16-14-12-10-8-6-4-2/h42-44,46-50,52-57H,3-41H2,1-2H3,(H,51,60)/t42-,43+,44+,46-,47-,48-,49+,50-/m0/s1. The maximum absolute atomic E-state index is 11.3. The summed E-state index contributed by atoms with van der Waals surface area (Å²) in [6.45, 7) is 3.81. The van der Waals surface area contributed by atoms with Gasteiger partial charge in [-0.15, -0.1) is 0 Å². The van der Waals surface area contributed by atoms with Crippen molar-refractivity contribution in [3.05, 3.63) is 0 Å². The molecule has 7 N–H and O–H groups in total. The number of rotatable bonds is 44. The Morgan fingerprint density at radius 2 is 0.867 bits per heavy atom. The molecule has 0 spiro atoms. The number of ether oxygens (including phenoxy) is 2. The first-order valence-corrected chi connectivity index (χ1v) is 26.2. The van der Waals surface area contributed by atoms with Gasteiger partial charge in [-0.05, 0) is 19.3 Å². The van der Waals surface area contributed by atoms with Crippen molar-refractivity contribution < 1.29 is 40.1 Å². The van der Waals surface area contributed by atoms with E-state index in [4.69, 9.17) is 21.7 Å². The van der Waals surface area contributed by atoms with Gasteiger partial charge >= 0.3 is 0 Å². The van der Waals surface area contributed by atoms with Crippen LogP contribution in [0.4, 0.5) is 0 Å². The average molecular weight is 874 g/mol. The number of unbranched alkanes of at least 4 members (excludes halogenated alkanes) is 33. The second-order valence-electron chi connectivity index (χ2n) is 18.5. The number of hydrogen-bond donors (Lipinski definition) is 7. The van der Waals surface area contributed by atoms with E-state index in [1.54, 1.807) is 0 Å². The van der Waals surface area contributed by atoms with Crippen molar-refractivity contribution in [3.63, 3.8) is 0 Å². The Balaban J connectivity index is 2.26. The molecule has 358 valence electrons. The zero-order chi connectivity index (χ0) is 43.9. The van der Waals surface area contributed by atoms with Crippen LogP contribution >= 0.6 is 12.2 Å². The van der Waals surface area contributed by atoms with E-state index in [-0.39, 0.29) is 6.61 Å². The molecule has 0 amide bonds. The molecule has 9 nitrogen and oxygen atoms in total. The Bertz CT molecular complexity index is 931. The molecule has 1 fully saturated rings. The van der Waals surface area contributed by atoms with Crippen molar-refractivity contribution >= 4 is 17.2 Å². The molecule has 60 heavy (non-hydrogen) atoms. The van der Waals surface area contributed by atoms with Crippen LogP contribution in [0.3, 0.4) is 0 Å². The molecule has 1 aliphatic heterocycles. The number of aliphatic hydroxyl groups excluding tert-OH is 6. The second-order valence-corrected chi connectivity index (χ2v) is 19.0. The molecule has 1 aliphatic rings. The molecule has 10 heteroatoms. The molecule has 0 aromatic heterocycles. The van der Waals surface area contributed by atoms with E-state index in [1.807, 2.05) is 0 Å². The summed E-state index contributed by atoms with van der Waals surface area (Å²) in [5, 5.41) is 65.9. The molecule has 0 saturated carbocycles. The Kier molecular flexibility index (Phi) is 39.6. The minimum atomic E-state index is -1.56. The Morgan fingerprint density at radius 3 is 1.23 bits per heavy atom. The highest BCUT2D eigenvalue weighted by Gasteiger charge is 2.44. The fourth-order valence-corrected chi connectivity index (χ4v) is 8.91. The van der Waals surface area contributed by atoms with Gasteiger partial charge in [0.2, 0.25) is 0 Å². The number of aliphatic hydroxyl groups is 6. The molecule has 0 aromatic rings. The zero-order valence-electron chi connectivity index (χ0n) is 39.1.